The number of amides is 1. The van der Waals surface area contributed by atoms with Crippen molar-refractivity contribution in [3.63, 3.8) is 0 Å². The van der Waals surface area contributed by atoms with Gasteiger partial charge in [0.15, 0.2) is 11.5 Å². The summed E-state index contributed by atoms with van der Waals surface area (Å²) in [5.41, 5.74) is 5.23. The number of pyridine rings is 1. The molecule has 2 heterocycles. The largest absolute Gasteiger partial charge is 0.505 e. The van der Waals surface area contributed by atoms with E-state index in [0.717, 1.165) is 54.5 Å². The monoisotopic (exact) mass is 594 g/mol. The molecule has 0 fully saturated rings. The Morgan fingerprint density at radius 3 is 2.25 bits per heavy atom. The van der Waals surface area contributed by atoms with Crippen LogP contribution < -0.4 is 14.2 Å². The van der Waals surface area contributed by atoms with Gasteiger partial charge in [-0.2, -0.15) is 0 Å². The molecule has 5 rings (SSSR count). The number of ether oxygens (including phenoxy) is 3. The maximum Gasteiger partial charge on any atom is 0.257 e. The van der Waals surface area contributed by atoms with Crippen molar-refractivity contribution in [1.82, 2.24) is 9.88 Å². The molecule has 1 aliphatic heterocycles. The van der Waals surface area contributed by atoms with Crippen LogP contribution in [-0.2, 0) is 12.8 Å². The summed E-state index contributed by atoms with van der Waals surface area (Å²) >= 11 is 0. The van der Waals surface area contributed by atoms with Crippen LogP contribution in [0, 0.1) is 0 Å². The second-order valence-corrected chi connectivity index (χ2v) is 11.2. The van der Waals surface area contributed by atoms with Gasteiger partial charge in [-0.3, -0.25) is 9.78 Å². The Kier molecular flexibility index (Phi) is 10.1. The second kappa shape index (κ2) is 14.3. The van der Waals surface area contributed by atoms with Crippen molar-refractivity contribution in [2.45, 2.75) is 57.9 Å². The number of fused-ring (bicyclic) bond motifs is 1. The SMILES string of the molecule is CCCCCCC1c2nc(Cc3ccccc3)c(O)c(-c3ccc(OC)cc3)c2C(=O)N1CCc1ccc(OC)c(OC)c1. The minimum Gasteiger partial charge on any atom is -0.505 e. The van der Waals surface area contributed by atoms with Crippen LogP contribution in [0.2, 0.25) is 0 Å². The molecule has 1 atom stereocenters. The quantitative estimate of drug-likeness (QED) is 0.150. The standard InChI is InChI=1S/C37H42N2O5/c1-5-6-7-11-14-30-35-34(37(41)39(30)22-21-26-15-20-31(43-3)32(24-26)44-4)33(27-16-18-28(42-2)19-17-27)36(40)29(38-35)23-25-12-9-8-10-13-25/h8-10,12-13,15-20,24,30,40H,5-7,11,14,21-23H2,1-4H3. The van der Waals surface area contributed by atoms with Crippen LogP contribution in [0.3, 0.4) is 0 Å². The lowest BCUT2D eigenvalue weighted by Crippen LogP contribution is -2.30. The molecule has 0 aliphatic carbocycles. The summed E-state index contributed by atoms with van der Waals surface area (Å²) in [5.74, 6) is 2.00. The first-order valence-electron chi connectivity index (χ1n) is 15.4. The first-order valence-corrected chi connectivity index (χ1v) is 15.4. The minimum atomic E-state index is -0.179. The molecule has 0 spiro atoms. The Labute approximate surface area is 260 Å². The molecule has 1 N–H and O–H groups in total. The first kappa shape index (κ1) is 30.9. The summed E-state index contributed by atoms with van der Waals surface area (Å²) in [6, 6.07) is 23.2. The molecule has 1 aromatic heterocycles. The number of carbonyl (C=O) groups is 1. The van der Waals surface area contributed by atoms with E-state index in [2.05, 4.69) is 6.92 Å². The van der Waals surface area contributed by atoms with E-state index in [1.807, 2.05) is 77.7 Å². The highest BCUT2D eigenvalue weighted by atomic mass is 16.5. The fourth-order valence-corrected chi connectivity index (χ4v) is 6.09. The van der Waals surface area contributed by atoms with Crippen molar-refractivity contribution in [2.75, 3.05) is 27.9 Å². The summed E-state index contributed by atoms with van der Waals surface area (Å²) in [6.45, 7) is 2.71. The average molecular weight is 595 g/mol. The van der Waals surface area contributed by atoms with Gasteiger partial charge in [0.2, 0.25) is 0 Å². The third-order valence-corrected chi connectivity index (χ3v) is 8.45. The molecule has 0 bridgehead atoms. The van der Waals surface area contributed by atoms with Crippen molar-refractivity contribution in [2.24, 2.45) is 0 Å². The lowest BCUT2D eigenvalue weighted by molar-refractivity contribution is 0.0717. The Bertz CT molecular complexity index is 1570. The number of methoxy groups -OCH3 is 3. The van der Waals surface area contributed by atoms with E-state index in [-0.39, 0.29) is 17.7 Å². The molecule has 44 heavy (non-hydrogen) atoms. The van der Waals surface area contributed by atoms with E-state index in [0.29, 0.717) is 53.5 Å². The number of aromatic hydroxyl groups is 1. The van der Waals surface area contributed by atoms with E-state index >= 15 is 0 Å². The van der Waals surface area contributed by atoms with Gasteiger partial charge < -0.3 is 24.2 Å². The summed E-state index contributed by atoms with van der Waals surface area (Å²) in [6.07, 6.45) is 6.30. The second-order valence-electron chi connectivity index (χ2n) is 11.2. The number of hydrogen-bond donors (Lipinski definition) is 1. The van der Waals surface area contributed by atoms with Crippen LogP contribution in [0.1, 0.15) is 77.9 Å². The van der Waals surface area contributed by atoms with Gasteiger partial charge >= 0.3 is 0 Å². The van der Waals surface area contributed by atoms with Crippen LogP contribution >= 0.6 is 0 Å². The Balaban J connectivity index is 1.57. The third kappa shape index (κ3) is 6.52. The van der Waals surface area contributed by atoms with Crippen molar-refractivity contribution >= 4 is 5.91 Å². The lowest BCUT2D eigenvalue weighted by atomic mass is 9.93. The molecular weight excluding hydrogens is 552 g/mol. The molecule has 7 heteroatoms. The highest BCUT2D eigenvalue weighted by molar-refractivity contribution is 6.06. The van der Waals surface area contributed by atoms with Crippen LogP contribution in [-0.4, -0.2) is 48.8 Å². The van der Waals surface area contributed by atoms with Crippen LogP contribution in [0.4, 0.5) is 0 Å². The fraction of sp³-hybridized carbons (Fsp3) is 0.351. The average Bonchev–Trinajstić information content (AvgIpc) is 3.32. The molecule has 230 valence electrons. The third-order valence-electron chi connectivity index (χ3n) is 8.45. The van der Waals surface area contributed by atoms with E-state index in [4.69, 9.17) is 19.2 Å². The number of carbonyl (C=O) groups excluding carboxylic acids is 1. The van der Waals surface area contributed by atoms with Gasteiger partial charge in [0.25, 0.3) is 5.91 Å². The van der Waals surface area contributed by atoms with Gasteiger partial charge in [-0.25, -0.2) is 0 Å². The smallest absolute Gasteiger partial charge is 0.257 e. The topological polar surface area (TPSA) is 81.1 Å². The summed E-state index contributed by atoms with van der Waals surface area (Å²) in [7, 11) is 4.87. The van der Waals surface area contributed by atoms with Crippen LogP contribution in [0.15, 0.2) is 72.8 Å². The molecule has 0 radical (unpaired) electrons. The van der Waals surface area contributed by atoms with E-state index < -0.39 is 0 Å². The molecule has 1 unspecified atom stereocenters. The fourth-order valence-electron chi connectivity index (χ4n) is 6.09. The molecule has 1 aliphatic rings. The molecule has 7 nitrogen and oxygen atoms in total. The molecule has 4 aromatic rings. The Morgan fingerprint density at radius 1 is 0.818 bits per heavy atom. The summed E-state index contributed by atoms with van der Waals surface area (Å²) < 4.78 is 16.3. The van der Waals surface area contributed by atoms with Crippen molar-refractivity contribution in [3.05, 3.63) is 101 Å². The Hall–Kier alpha value is -4.52. The molecule has 3 aromatic carbocycles. The number of unbranched alkanes of at least 4 members (excludes halogenated alkanes) is 3. The van der Waals surface area contributed by atoms with Crippen LogP contribution in [0.5, 0.6) is 23.0 Å². The number of rotatable bonds is 14. The Morgan fingerprint density at radius 2 is 1.57 bits per heavy atom. The maximum absolute atomic E-state index is 14.4. The van der Waals surface area contributed by atoms with Gasteiger partial charge in [-0.05, 0) is 53.8 Å². The van der Waals surface area contributed by atoms with Gasteiger partial charge in [0.1, 0.15) is 11.5 Å². The van der Waals surface area contributed by atoms with Crippen molar-refractivity contribution in [3.8, 4) is 34.1 Å². The highest BCUT2D eigenvalue weighted by Crippen LogP contribution is 2.46. The zero-order valence-corrected chi connectivity index (χ0v) is 26.1. The van der Waals surface area contributed by atoms with Crippen LogP contribution in [0.25, 0.3) is 11.1 Å². The summed E-state index contributed by atoms with van der Waals surface area (Å²) in [5, 5.41) is 11.8. The molecule has 0 saturated heterocycles. The highest BCUT2D eigenvalue weighted by Gasteiger charge is 2.41. The van der Waals surface area contributed by atoms with Gasteiger partial charge in [0.05, 0.1) is 44.3 Å². The number of benzene rings is 3. The molecule has 1 amide bonds. The van der Waals surface area contributed by atoms with E-state index in [1.54, 1.807) is 21.3 Å². The lowest BCUT2D eigenvalue weighted by Gasteiger charge is -2.25. The normalized spacial score (nSPS) is 14.0. The zero-order chi connectivity index (χ0) is 31.1. The number of aromatic nitrogens is 1. The van der Waals surface area contributed by atoms with Gasteiger partial charge in [0, 0.05) is 18.5 Å². The summed E-state index contributed by atoms with van der Waals surface area (Å²) in [4.78, 5) is 21.4. The van der Waals surface area contributed by atoms with E-state index in [9.17, 15) is 9.90 Å². The predicted octanol–water partition coefficient (Wildman–Crippen LogP) is 7.78. The zero-order valence-electron chi connectivity index (χ0n) is 26.1. The first-order chi connectivity index (χ1) is 21.5. The van der Waals surface area contributed by atoms with Crippen molar-refractivity contribution < 1.29 is 24.1 Å². The van der Waals surface area contributed by atoms with Crippen molar-refractivity contribution in [1.29, 1.82) is 0 Å². The maximum atomic E-state index is 14.4. The minimum absolute atomic E-state index is 0.0533. The van der Waals surface area contributed by atoms with Gasteiger partial charge in [-0.15, -0.1) is 0 Å². The number of nitrogens with zero attached hydrogens (tertiary/aromatic N) is 2. The number of hydrogen-bond acceptors (Lipinski definition) is 6. The molecular formula is C37H42N2O5. The van der Waals surface area contributed by atoms with E-state index in [1.165, 1.54) is 0 Å². The van der Waals surface area contributed by atoms with Gasteiger partial charge in [-0.1, -0.05) is 81.1 Å². The predicted molar refractivity (Wildman–Crippen MR) is 173 cm³/mol. The molecule has 0 saturated carbocycles.